The first-order valence-electron chi connectivity index (χ1n) is 10.7. The van der Waals surface area contributed by atoms with Crippen LogP contribution in [0.5, 0.6) is 0 Å². The van der Waals surface area contributed by atoms with Crippen molar-refractivity contribution in [2.45, 2.75) is 20.3 Å². The molecule has 2 saturated heterocycles. The number of carbonyl (C=O) groups is 1. The van der Waals surface area contributed by atoms with E-state index in [1.165, 1.54) is 0 Å². The SMILES string of the molecule is Cc1ccc(NCCCN2CC3CN(C(=O)c4cccc(C)c4Cl)CC3C2)cc1Cl. The van der Waals surface area contributed by atoms with Gasteiger partial charge in [0.25, 0.3) is 5.91 Å². The Hall–Kier alpha value is -1.75. The number of hydrogen-bond donors (Lipinski definition) is 1. The second-order valence-corrected chi connectivity index (χ2v) is 9.46. The highest BCUT2D eigenvalue weighted by molar-refractivity contribution is 6.34. The molecule has 2 heterocycles. The molecule has 2 unspecified atom stereocenters. The molecule has 2 aromatic carbocycles. The van der Waals surface area contributed by atoms with Crippen molar-refractivity contribution in [3.05, 3.63) is 63.1 Å². The van der Waals surface area contributed by atoms with Crippen LogP contribution in [0.15, 0.2) is 36.4 Å². The lowest BCUT2D eigenvalue weighted by Gasteiger charge is -2.22. The van der Waals surface area contributed by atoms with Crippen molar-refractivity contribution in [1.29, 1.82) is 0 Å². The number of carbonyl (C=O) groups excluding carboxylic acids is 1. The summed E-state index contributed by atoms with van der Waals surface area (Å²) in [5.41, 5.74) is 3.77. The minimum Gasteiger partial charge on any atom is -0.385 e. The van der Waals surface area contributed by atoms with Crippen molar-refractivity contribution >= 4 is 34.8 Å². The first-order valence-corrected chi connectivity index (χ1v) is 11.4. The van der Waals surface area contributed by atoms with Gasteiger partial charge in [0, 0.05) is 43.4 Å². The van der Waals surface area contributed by atoms with E-state index in [1.54, 1.807) is 0 Å². The Bertz CT molecular complexity index is 919. The molecule has 1 amide bonds. The Balaban J connectivity index is 1.22. The molecular formula is C24H29Cl2N3O. The fourth-order valence-electron chi connectivity index (χ4n) is 4.66. The van der Waals surface area contributed by atoms with Gasteiger partial charge < -0.3 is 15.1 Å². The molecule has 0 radical (unpaired) electrons. The summed E-state index contributed by atoms with van der Waals surface area (Å²) < 4.78 is 0. The van der Waals surface area contributed by atoms with Crippen LogP contribution in [0.1, 0.15) is 27.9 Å². The summed E-state index contributed by atoms with van der Waals surface area (Å²) in [5, 5.41) is 4.85. The monoisotopic (exact) mass is 445 g/mol. The van der Waals surface area contributed by atoms with E-state index in [-0.39, 0.29) is 5.91 Å². The fraction of sp³-hybridized carbons (Fsp3) is 0.458. The molecule has 0 bridgehead atoms. The first-order chi connectivity index (χ1) is 14.4. The standard InChI is InChI=1S/C24H29Cl2N3O/c1-16-7-8-20(11-22(16)25)27-9-4-10-28-12-18-14-29(15-19(18)13-28)24(30)21-6-3-5-17(2)23(21)26/h3,5-8,11,18-19,27H,4,9-10,12-15H2,1-2H3. The van der Waals surface area contributed by atoms with E-state index < -0.39 is 0 Å². The molecule has 1 N–H and O–H groups in total. The van der Waals surface area contributed by atoms with Crippen molar-refractivity contribution < 1.29 is 4.79 Å². The summed E-state index contributed by atoms with van der Waals surface area (Å²) in [7, 11) is 0. The van der Waals surface area contributed by atoms with Gasteiger partial charge in [0.05, 0.1) is 10.6 Å². The van der Waals surface area contributed by atoms with E-state index in [9.17, 15) is 4.79 Å². The molecule has 0 spiro atoms. The van der Waals surface area contributed by atoms with Gasteiger partial charge in [0.1, 0.15) is 0 Å². The van der Waals surface area contributed by atoms with Crippen LogP contribution < -0.4 is 5.32 Å². The number of anilines is 1. The first kappa shape index (κ1) is 21.5. The molecule has 160 valence electrons. The second-order valence-electron chi connectivity index (χ2n) is 8.67. The Morgan fingerprint density at radius 2 is 1.77 bits per heavy atom. The van der Waals surface area contributed by atoms with E-state index in [1.807, 2.05) is 49.1 Å². The van der Waals surface area contributed by atoms with E-state index in [0.717, 1.165) is 67.5 Å². The topological polar surface area (TPSA) is 35.6 Å². The van der Waals surface area contributed by atoms with Gasteiger partial charge in [-0.25, -0.2) is 0 Å². The van der Waals surface area contributed by atoms with Crippen molar-refractivity contribution in [3.8, 4) is 0 Å². The molecule has 4 nitrogen and oxygen atoms in total. The molecule has 6 heteroatoms. The molecule has 0 aliphatic carbocycles. The van der Waals surface area contributed by atoms with Crippen molar-refractivity contribution in [2.24, 2.45) is 11.8 Å². The molecule has 2 aliphatic rings. The fourth-order valence-corrected chi connectivity index (χ4v) is 5.05. The number of fused-ring (bicyclic) bond motifs is 1. The predicted molar refractivity (Wildman–Crippen MR) is 125 cm³/mol. The number of benzene rings is 2. The van der Waals surface area contributed by atoms with E-state index in [0.29, 0.717) is 22.4 Å². The van der Waals surface area contributed by atoms with E-state index >= 15 is 0 Å². The van der Waals surface area contributed by atoms with Crippen LogP contribution in [0.2, 0.25) is 10.0 Å². The van der Waals surface area contributed by atoms with E-state index in [4.69, 9.17) is 23.2 Å². The van der Waals surface area contributed by atoms with Gasteiger partial charge in [-0.15, -0.1) is 0 Å². The number of amides is 1. The van der Waals surface area contributed by atoms with Gasteiger partial charge in [-0.3, -0.25) is 4.79 Å². The van der Waals surface area contributed by atoms with Crippen molar-refractivity contribution in [3.63, 3.8) is 0 Å². The maximum atomic E-state index is 12.9. The largest absolute Gasteiger partial charge is 0.385 e. The minimum absolute atomic E-state index is 0.0746. The van der Waals surface area contributed by atoms with Crippen LogP contribution >= 0.6 is 23.2 Å². The summed E-state index contributed by atoms with van der Waals surface area (Å²) in [6.07, 6.45) is 1.09. The number of aryl methyl sites for hydroxylation is 2. The molecule has 2 atom stereocenters. The molecule has 0 saturated carbocycles. The molecule has 30 heavy (non-hydrogen) atoms. The van der Waals surface area contributed by atoms with Gasteiger partial charge in [-0.05, 0) is 68.0 Å². The molecule has 2 fully saturated rings. The van der Waals surface area contributed by atoms with Crippen LogP contribution in [-0.2, 0) is 0 Å². The lowest BCUT2D eigenvalue weighted by molar-refractivity contribution is 0.0774. The average molecular weight is 446 g/mol. The third kappa shape index (κ3) is 4.61. The number of likely N-dealkylation sites (tertiary alicyclic amines) is 2. The molecule has 0 aromatic heterocycles. The van der Waals surface area contributed by atoms with Gasteiger partial charge in [-0.2, -0.15) is 0 Å². The zero-order valence-corrected chi connectivity index (χ0v) is 19.1. The molecule has 4 rings (SSSR count). The molecule has 2 aromatic rings. The van der Waals surface area contributed by atoms with Crippen molar-refractivity contribution in [1.82, 2.24) is 9.80 Å². The lowest BCUT2D eigenvalue weighted by atomic mass is 10.0. The summed E-state index contributed by atoms with van der Waals surface area (Å²) in [6, 6.07) is 11.8. The predicted octanol–water partition coefficient (Wildman–Crippen LogP) is 5.12. The Labute approximate surface area is 189 Å². The summed E-state index contributed by atoms with van der Waals surface area (Å²) in [5.74, 6) is 1.22. The van der Waals surface area contributed by atoms with Gasteiger partial charge >= 0.3 is 0 Å². The Morgan fingerprint density at radius 1 is 1.03 bits per heavy atom. The number of hydrogen-bond acceptors (Lipinski definition) is 3. The smallest absolute Gasteiger partial charge is 0.255 e. The maximum Gasteiger partial charge on any atom is 0.255 e. The minimum atomic E-state index is 0.0746. The quantitative estimate of drug-likeness (QED) is 0.626. The number of halogens is 2. The van der Waals surface area contributed by atoms with Crippen molar-refractivity contribution in [2.75, 3.05) is 44.6 Å². The van der Waals surface area contributed by atoms with E-state index in [2.05, 4.69) is 16.3 Å². The Morgan fingerprint density at radius 3 is 2.47 bits per heavy atom. The highest BCUT2D eigenvalue weighted by Crippen LogP contribution is 2.33. The summed E-state index contributed by atoms with van der Waals surface area (Å²) in [4.78, 5) is 17.5. The van der Waals surface area contributed by atoms with Gasteiger partial charge in [0.15, 0.2) is 0 Å². The third-order valence-electron chi connectivity index (χ3n) is 6.42. The maximum absolute atomic E-state index is 12.9. The lowest BCUT2D eigenvalue weighted by Crippen LogP contribution is -2.34. The zero-order valence-electron chi connectivity index (χ0n) is 17.6. The van der Waals surface area contributed by atoms with Crippen LogP contribution in [0, 0.1) is 25.7 Å². The van der Waals surface area contributed by atoms with Gasteiger partial charge in [-0.1, -0.05) is 41.4 Å². The highest BCUT2D eigenvalue weighted by atomic mass is 35.5. The zero-order chi connectivity index (χ0) is 21.3. The summed E-state index contributed by atoms with van der Waals surface area (Å²) >= 11 is 12.6. The summed E-state index contributed by atoms with van der Waals surface area (Å²) in [6.45, 7) is 9.80. The van der Waals surface area contributed by atoms with Crippen LogP contribution in [0.3, 0.4) is 0 Å². The third-order valence-corrected chi connectivity index (χ3v) is 7.33. The normalized spacial score (nSPS) is 21.1. The van der Waals surface area contributed by atoms with Crippen LogP contribution in [0.25, 0.3) is 0 Å². The number of rotatable bonds is 6. The average Bonchev–Trinajstić information content (AvgIpc) is 3.28. The van der Waals surface area contributed by atoms with Crippen LogP contribution in [-0.4, -0.2) is 55.0 Å². The highest BCUT2D eigenvalue weighted by Gasteiger charge is 2.41. The second kappa shape index (κ2) is 9.17. The Kier molecular flexibility index (Phi) is 6.57. The molecular weight excluding hydrogens is 417 g/mol. The molecule has 2 aliphatic heterocycles. The number of nitrogens with zero attached hydrogens (tertiary/aromatic N) is 2. The number of nitrogens with one attached hydrogen (secondary N) is 1. The van der Waals surface area contributed by atoms with Gasteiger partial charge in [0.2, 0.25) is 0 Å². The van der Waals surface area contributed by atoms with Crippen LogP contribution in [0.4, 0.5) is 5.69 Å².